The van der Waals surface area contributed by atoms with Gasteiger partial charge in [-0.3, -0.25) is 9.69 Å². The molecule has 0 aromatic heterocycles. The predicted molar refractivity (Wildman–Crippen MR) is 69.7 cm³/mol. The largest absolute Gasteiger partial charge is 0.468 e. The molecule has 0 saturated carbocycles. The summed E-state index contributed by atoms with van der Waals surface area (Å²) in [5, 5.41) is 0. The van der Waals surface area contributed by atoms with Crippen LogP contribution in [0.15, 0.2) is 18.2 Å². The van der Waals surface area contributed by atoms with Crippen molar-refractivity contribution in [1.82, 2.24) is 4.90 Å². The van der Waals surface area contributed by atoms with Crippen molar-refractivity contribution >= 4 is 5.97 Å². The molecule has 0 spiro atoms. The van der Waals surface area contributed by atoms with Crippen molar-refractivity contribution in [3.05, 3.63) is 35.1 Å². The Hall–Kier alpha value is -1.46. The zero-order valence-electron chi connectivity index (χ0n) is 11.1. The van der Waals surface area contributed by atoms with Crippen LogP contribution in [0.1, 0.15) is 24.0 Å². The minimum absolute atomic E-state index is 0.181. The van der Waals surface area contributed by atoms with E-state index in [0.717, 1.165) is 24.9 Å². The Morgan fingerprint density at radius 3 is 3.05 bits per heavy atom. The van der Waals surface area contributed by atoms with Gasteiger partial charge in [0.1, 0.15) is 11.9 Å². The highest BCUT2D eigenvalue weighted by molar-refractivity contribution is 5.75. The highest BCUT2D eigenvalue weighted by Crippen LogP contribution is 2.22. The van der Waals surface area contributed by atoms with E-state index in [2.05, 4.69) is 4.90 Å². The first kappa shape index (κ1) is 14.0. The van der Waals surface area contributed by atoms with E-state index in [1.807, 2.05) is 0 Å². The Kier molecular flexibility index (Phi) is 4.50. The maximum Gasteiger partial charge on any atom is 0.323 e. The monoisotopic (exact) mass is 266 g/mol. The van der Waals surface area contributed by atoms with Crippen LogP contribution >= 0.6 is 0 Å². The van der Waals surface area contributed by atoms with E-state index < -0.39 is 0 Å². The van der Waals surface area contributed by atoms with Crippen molar-refractivity contribution in [2.24, 2.45) is 5.73 Å². The molecular weight excluding hydrogens is 247 g/mol. The first-order valence-corrected chi connectivity index (χ1v) is 6.45. The number of carbonyl (C=O) groups excluding carboxylic acids is 1. The number of carbonyl (C=O) groups is 1. The number of ether oxygens (including phenoxy) is 1. The number of rotatable bonds is 4. The molecule has 5 heteroatoms. The fourth-order valence-corrected chi connectivity index (χ4v) is 2.54. The summed E-state index contributed by atoms with van der Waals surface area (Å²) in [5.41, 5.74) is 6.97. The van der Waals surface area contributed by atoms with Gasteiger partial charge in [0.15, 0.2) is 0 Å². The van der Waals surface area contributed by atoms with Gasteiger partial charge in [0.05, 0.1) is 7.11 Å². The van der Waals surface area contributed by atoms with Gasteiger partial charge < -0.3 is 10.5 Å². The van der Waals surface area contributed by atoms with Crippen LogP contribution in [0.2, 0.25) is 0 Å². The second kappa shape index (κ2) is 6.12. The van der Waals surface area contributed by atoms with Crippen molar-refractivity contribution in [3.8, 4) is 0 Å². The summed E-state index contributed by atoms with van der Waals surface area (Å²) in [7, 11) is 1.41. The van der Waals surface area contributed by atoms with Crippen molar-refractivity contribution in [1.29, 1.82) is 0 Å². The summed E-state index contributed by atoms with van der Waals surface area (Å²) in [6, 6.07) is 4.75. The van der Waals surface area contributed by atoms with Crippen LogP contribution in [0, 0.1) is 5.82 Å². The fraction of sp³-hybridized carbons (Fsp3) is 0.500. The first-order valence-electron chi connectivity index (χ1n) is 6.45. The van der Waals surface area contributed by atoms with Gasteiger partial charge in [0, 0.05) is 18.7 Å². The molecule has 1 aliphatic rings. The Bertz CT molecular complexity index is 465. The van der Waals surface area contributed by atoms with E-state index in [1.54, 1.807) is 12.1 Å². The average molecular weight is 266 g/mol. The fourth-order valence-electron chi connectivity index (χ4n) is 2.54. The minimum Gasteiger partial charge on any atom is -0.468 e. The van der Waals surface area contributed by atoms with Crippen molar-refractivity contribution in [3.63, 3.8) is 0 Å². The lowest BCUT2D eigenvalue weighted by atomic mass is 10.1. The number of nitrogens with two attached hydrogens (primary N) is 1. The van der Waals surface area contributed by atoms with Crippen LogP contribution in [-0.4, -0.2) is 30.6 Å². The summed E-state index contributed by atoms with van der Waals surface area (Å²) in [5.74, 6) is -0.476. The lowest BCUT2D eigenvalue weighted by Gasteiger charge is -2.22. The molecule has 19 heavy (non-hydrogen) atoms. The normalized spacial score (nSPS) is 19.6. The molecule has 1 fully saturated rings. The third-order valence-corrected chi connectivity index (χ3v) is 3.55. The van der Waals surface area contributed by atoms with Crippen LogP contribution in [0.4, 0.5) is 4.39 Å². The van der Waals surface area contributed by atoms with Gasteiger partial charge in [-0.15, -0.1) is 0 Å². The zero-order chi connectivity index (χ0) is 13.8. The van der Waals surface area contributed by atoms with Gasteiger partial charge >= 0.3 is 5.97 Å². The van der Waals surface area contributed by atoms with Crippen LogP contribution in [0.3, 0.4) is 0 Å². The molecule has 104 valence electrons. The summed E-state index contributed by atoms with van der Waals surface area (Å²) in [4.78, 5) is 13.7. The topological polar surface area (TPSA) is 55.6 Å². The van der Waals surface area contributed by atoms with Crippen molar-refractivity contribution in [2.45, 2.75) is 32.0 Å². The highest BCUT2D eigenvalue weighted by Gasteiger charge is 2.31. The third kappa shape index (κ3) is 3.11. The molecule has 1 unspecified atom stereocenters. The van der Waals surface area contributed by atoms with Gasteiger partial charge in [-0.25, -0.2) is 4.39 Å². The van der Waals surface area contributed by atoms with E-state index in [1.165, 1.54) is 13.2 Å². The predicted octanol–water partition coefficient (Wildman–Crippen LogP) is 1.42. The number of methoxy groups -OCH3 is 1. The van der Waals surface area contributed by atoms with Gasteiger partial charge in [0.25, 0.3) is 0 Å². The molecule has 0 aliphatic carbocycles. The van der Waals surface area contributed by atoms with Crippen molar-refractivity contribution < 1.29 is 13.9 Å². The number of halogens is 1. The van der Waals surface area contributed by atoms with Gasteiger partial charge in [0.2, 0.25) is 0 Å². The molecule has 1 aromatic rings. The quantitative estimate of drug-likeness (QED) is 0.837. The van der Waals surface area contributed by atoms with Gasteiger partial charge in [-0.2, -0.15) is 0 Å². The summed E-state index contributed by atoms with van der Waals surface area (Å²) < 4.78 is 18.2. The lowest BCUT2D eigenvalue weighted by molar-refractivity contribution is -0.146. The number of likely N-dealkylation sites (tertiary alicyclic amines) is 1. The molecule has 2 N–H and O–H groups in total. The molecular formula is C14H19FN2O2. The van der Waals surface area contributed by atoms with Crippen LogP contribution in [-0.2, 0) is 22.6 Å². The molecule has 1 saturated heterocycles. The first-order chi connectivity index (χ1) is 9.15. The highest BCUT2D eigenvalue weighted by atomic mass is 19.1. The van der Waals surface area contributed by atoms with E-state index in [0.29, 0.717) is 12.1 Å². The molecule has 1 aliphatic heterocycles. The molecule has 1 heterocycles. The lowest BCUT2D eigenvalue weighted by Crippen LogP contribution is -2.36. The Labute approximate surface area is 112 Å². The van der Waals surface area contributed by atoms with Gasteiger partial charge in [-0.1, -0.05) is 12.1 Å². The van der Waals surface area contributed by atoms with Crippen molar-refractivity contribution in [2.75, 3.05) is 13.7 Å². The smallest absolute Gasteiger partial charge is 0.323 e. The molecule has 2 rings (SSSR count). The number of esters is 1. The third-order valence-electron chi connectivity index (χ3n) is 3.55. The standard InChI is InChI=1S/C14H19FN2O2/c1-19-14(18)13-3-2-6-17(13)9-10-4-5-12(15)11(7-10)8-16/h4-5,7,13H,2-3,6,8-9,16H2,1H3. The van der Waals surface area contributed by atoms with Crippen LogP contribution in [0.5, 0.6) is 0 Å². The maximum atomic E-state index is 13.4. The van der Waals surface area contributed by atoms with Crippen LogP contribution < -0.4 is 5.73 Å². The molecule has 4 nitrogen and oxygen atoms in total. The van der Waals surface area contributed by atoms with Gasteiger partial charge in [-0.05, 0) is 31.0 Å². The molecule has 0 bridgehead atoms. The van der Waals surface area contributed by atoms with Crippen LogP contribution in [0.25, 0.3) is 0 Å². The molecule has 1 aromatic carbocycles. The van der Waals surface area contributed by atoms with E-state index in [4.69, 9.17) is 10.5 Å². The number of benzene rings is 1. The number of hydrogen-bond acceptors (Lipinski definition) is 4. The Balaban J connectivity index is 2.10. The van der Waals surface area contributed by atoms with E-state index >= 15 is 0 Å². The second-order valence-electron chi connectivity index (χ2n) is 4.78. The average Bonchev–Trinajstić information content (AvgIpc) is 2.88. The SMILES string of the molecule is COC(=O)C1CCCN1Cc1ccc(F)c(CN)c1. The molecule has 1 atom stereocenters. The number of hydrogen-bond donors (Lipinski definition) is 1. The summed E-state index contributed by atoms with van der Waals surface area (Å²) in [6.07, 6.45) is 1.79. The Morgan fingerprint density at radius 1 is 1.58 bits per heavy atom. The molecule has 0 amide bonds. The number of nitrogens with zero attached hydrogens (tertiary/aromatic N) is 1. The van der Waals surface area contributed by atoms with E-state index in [-0.39, 0.29) is 24.4 Å². The summed E-state index contributed by atoms with van der Waals surface area (Å²) >= 11 is 0. The van der Waals surface area contributed by atoms with E-state index in [9.17, 15) is 9.18 Å². The Morgan fingerprint density at radius 2 is 2.37 bits per heavy atom. The molecule has 0 radical (unpaired) electrons. The zero-order valence-corrected chi connectivity index (χ0v) is 11.1. The second-order valence-corrected chi connectivity index (χ2v) is 4.78. The minimum atomic E-state index is -0.280. The summed E-state index contributed by atoms with van der Waals surface area (Å²) in [6.45, 7) is 1.66. The maximum absolute atomic E-state index is 13.4.